The molecule has 6 nitrogen and oxygen atoms in total. The fraction of sp³-hybridized carbons (Fsp3) is 0.214. The van der Waals surface area contributed by atoms with Crippen LogP contribution in [0.4, 0.5) is 11.4 Å². The number of rotatable bonds is 6. The Bertz CT molecular complexity index is 690. The molecule has 0 saturated carbocycles. The predicted octanol–water partition coefficient (Wildman–Crippen LogP) is 1.51. The summed E-state index contributed by atoms with van der Waals surface area (Å²) in [5, 5.41) is 0. The summed E-state index contributed by atoms with van der Waals surface area (Å²) in [7, 11) is -1.96. The number of aromatic nitrogens is 1. The summed E-state index contributed by atoms with van der Waals surface area (Å²) in [6, 6.07) is 10.2. The molecule has 1 aromatic carbocycles. The number of nitrogens with two attached hydrogens (primary N) is 1. The second kappa shape index (κ2) is 6.45. The number of ether oxygens (including phenoxy) is 1. The molecule has 2 aromatic rings. The largest absolute Gasteiger partial charge is 0.490 e. The lowest BCUT2D eigenvalue weighted by Gasteiger charge is -2.19. The molecule has 0 atom stereocenters. The zero-order valence-corrected chi connectivity index (χ0v) is 12.5. The lowest BCUT2D eigenvalue weighted by Crippen LogP contribution is -2.31. The Balaban J connectivity index is 1.97. The van der Waals surface area contributed by atoms with Crippen molar-refractivity contribution in [3.05, 3.63) is 48.8 Å². The molecule has 0 aliphatic carbocycles. The van der Waals surface area contributed by atoms with Crippen molar-refractivity contribution >= 4 is 21.4 Å². The van der Waals surface area contributed by atoms with Gasteiger partial charge in [-0.2, -0.15) is 0 Å². The van der Waals surface area contributed by atoms with Crippen molar-refractivity contribution < 1.29 is 13.2 Å². The van der Waals surface area contributed by atoms with Gasteiger partial charge in [0, 0.05) is 19.4 Å². The minimum Gasteiger partial charge on any atom is -0.490 e. The molecule has 0 unspecified atom stereocenters. The van der Waals surface area contributed by atoms with E-state index in [4.69, 9.17) is 10.5 Å². The highest BCUT2D eigenvalue weighted by molar-refractivity contribution is 7.92. The number of pyridine rings is 1. The van der Waals surface area contributed by atoms with Crippen molar-refractivity contribution in [3.8, 4) is 5.75 Å². The van der Waals surface area contributed by atoms with E-state index < -0.39 is 10.0 Å². The summed E-state index contributed by atoms with van der Waals surface area (Å²) in [4.78, 5) is 3.86. The van der Waals surface area contributed by atoms with Gasteiger partial charge in [-0.15, -0.1) is 0 Å². The monoisotopic (exact) mass is 307 g/mol. The molecule has 0 bridgehead atoms. The van der Waals surface area contributed by atoms with Crippen molar-refractivity contribution in [1.29, 1.82) is 0 Å². The molecular formula is C14H17N3O3S. The maximum atomic E-state index is 12.2. The second-order valence-corrected chi connectivity index (χ2v) is 6.50. The van der Waals surface area contributed by atoms with Gasteiger partial charge in [0.2, 0.25) is 10.0 Å². The van der Waals surface area contributed by atoms with Crippen LogP contribution in [-0.2, 0) is 10.0 Å². The number of nitrogen functional groups attached to an aromatic ring is 1. The average molecular weight is 307 g/mol. The Labute approximate surface area is 124 Å². The molecule has 21 heavy (non-hydrogen) atoms. The van der Waals surface area contributed by atoms with E-state index in [2.05, 4.69) is 4.98 Å². The summed E-state index contributed by atoms with van der Waals surface area (Å²) in [5.74, 6) is 0.347. The van der Waals surface area contributed by atoms with Gasteiger partial charge in [0.15, 0.2) is 0 Å². The van der Waals surface area contributed by atoms with E-state index in [1.54, 1.807) is 48.8 Å². The first-order chi connectivity index (χ1) is 10.0. The zero-order valence-electron chi connectivity index (χ0n) is 11.6. The second-order valence-electron chi connectivity index (χ2n) is 4.38. The van der Waals surface area contributed by atoms with Gasteiger partial charge in [-0.3, -0.25) is 9.29 Å². The predicted molar refractivity (Wildman–Crippen MR) is 82.8 cm³/mol. The third-order valence-electron chi connectivity index (χ3n) is 2.96. The highest BCUT2D eigenvalue weighted by Crippen LogP contribution is 2.20. The summed E-state index contributed by atoms with van der Waals surface area (Å²) < 4.78 is 31.0. The summed E-state index contributed by atoms with van der Waals surface area (Å²) in [5.41, 5.74) is 6.77. The fourth-order valence-corrected chi connectivity index (χ4v) is 2.73. The molecule has 2 rings (SSSR count). The van der Waals surface area contributed by atoms with Crippen LogP contribution in [0.15, 0.2) is 48.8 Å². The lowest BCUT2D eigenvalue weighted by molar-refractivity contribution is 0.342. The van der Waals surface area contributed by atoms with E-state index in [1.165, 1.54) is 11.4 Å². The van der Waals surface area contributed by atoms with E-state index in [-0.39, 0.29) is 12.4 Å². The van der Waals surface area contributed by atoms with E-state index in [0.29, 0.717) is 17.1 Å². The molecule has 1 aromatic heterocycles. The van der Waals surface area contributed by atoms with E-state index >= 15 is 0 Å². The molecule has 112 valence electrons. The van der Waals surface area contributed by atoms with Gasteiger partial charge in [0.05, 0.1) is 11.4 Å². The molecule has 0 radical (unpaired) electrons. The molecule has 0 aliphatic rings. The van der Waals surface area contributed by atoms with E-state index in [0.717, 1.165) is 0 Å². The van der Waals surface area contributed by atoms with Crippen LogP contribution in [-0.4, -0.2) is 32.8 Å². The number of hydrogen-bond donors (Lipinski definition) is 1. The van der Waals surface area contributed by atoms with Crippen molar-refractivity contribution in [3.63, 3.8) is 0 Å². The van der Waals surface area contributed by atoms with Crippen molar-refractivity contribution in [1.82, 2.24) is 4.98 Å². The number of para-hydroxylation sites is 2. The molecule has 0 spiro atoms. The molecule has 1 heterocycles. The highest BCUT2D eigenvalue weighted by atomic mass is 32.2. The van der Waals surface area contributed by atoms with E-state index in [1.807, 2.05) is 0 Å². The Morgan fingerprint density at radius 2 is 1.86 bits per heavy atom. The smallest absolute Gasteiger partial charge is 0.238 e. The van der Waals surface area contributed by atoms with Gasteiger partial charge in [-0.25, -0.2) is 8.42 Å². The molecule has 0 saturated heterocycles. The zero-order chi connectivity index (χ0) is 15.3. The van der Waals surface area contributed by atoms with Crippen LogP contribution in [0.2, 0.25) is 0 Å². The van der Waals surface area contributed by atoms with Crippen LogP contribution in [0.1, 0.15) is 0 Å². The molecule has 0 aliphatic heterocycles. The quantitative estimate of drug-likeness (QED) is 0.818. The standard InChI is InChI=1S/C14H17N3O3S/c1-17(12-6-8-16-9-7-12)21(18,19)11-10-20-14-5-3-2-4-13(14)15/h2-9H,10-11,15H2,1H3. The van der Waals surface area contributed by atoms with Crippen LogP contribution in [0.5, 0.6) is 5.75 Å². The molecule has 0 amide bonds. The normalized spacial score (nSPS) is 11.1. The first kappa shape index (κ1) is 15.1. The molecule has 7 heteroatoms. The molecular weight excluding hydrogens is 290 g/mol. The first-order valence-electron chi connectivity index (χ1n) is 6.34. The third kappa shape index (κ3) is 3.85. The number of sulfonamides is 1. The summed E-state index contributed by atoms with van der Waals surface area (Å²) in [6.45, 7) is 0.0337. The van der Waals surface area contributed by atoms with E-state index in [9.17, 15) is 8.42 Å². The van der Waals surface area contributed by atoms with Gasteiger partial charge in [-0.1, -0.05) is 12.1 Å². The van der Waals surface area contributed by atoms with Gasteiger partial charge in [0.1, 0.15) is 18.1 Å². The highest BCUT2D eigenvalue weighted by Gasteiger charge is 2.18. The lowest BCUT2D eigenvalue weighted by atomic mass is 10.3. The number of nitrogens with zero attached hydrogens (tertiary/aromatic N) is 2. The third-order valence-corrected chi connectivity index (χ3v) is 4.69. The molecule has 2 N–H and O–H groups in total. The number of anilines is 2. The van der Waals surface area contributed by atoms with Crippen molar-refractivity contribution in [2.45, 2.75) is 0 Å². The van der Waals surface area contributed by atoms with Crippen molar-refractivity contribution in [2.75, 3.05) is 29.4 Å². The minimum atomic E-state index is -3.46. The Morgan fingerprint density at radius 3 is 2.52 bits per heavy atom. The van der Waals surface area contributed by atoms with Crippen molar-refractivity contribution in [2.24, 2.45) is 0 Å². The van der Waals surface area contributed by atoms with Gasteiger partial charge < -0.3 is 10.5 Å². The molecule has 0 fully saturated rings. The maximum absolute atomic E-state index is 12.2. The minimum absolute atomic E-state index is 0.0337. The topological polar surface area (TPSA) is 85.5 Å². The average Bonchev–Trinajstić information content (AvgIpc) is 2.49. The van der Waals surface area contributed by atoms with Crippen LogP contribution >= 0.6 is 0 Å². The number of benzene rings is 1. The van der Waals surface area contributed by atoms with Crippen LogP contribution in [0, 0.1) is 0 Å². The SMILES string of the molecule is CN(c1ccncc1)S(=O)(=O)CCOc1ccccc1N. The van der Waals surface area contributed by atoms with Gasteiger partial charge in [-0.05, 0) is 24.3 Å². The van der Waals surface area contributed by atoms with Crippen LogP contribution < -0.4 is 14.8 Å². The number of hydrogen-bond acceptors (Lipinski definition) is 5. The van der Waals surface area contributed by atoms with Crippen LogP contribution in [0.25, 0.3) is 0 Å². The Hall–Kier alpha value is -2.28. The van der Waals surface area contributed by atoms with Crippen LogP contribution in [0.3, 0.4) is 0 Å². The fourth-order valence-electron chi connectivity index (χ4n) is 1.72. The summed E-state index contributed by atoms with van der Waals surface area (Å²) >= 11 is 0. The Morgan fingerprint density at radius 1 is 1.19 bits per heavy atom. The van der Waals surface area contributed by atoms with Gasteiger partial charge in [0.25, 0.3) is 0 Å². The first-order valence-corrected chi connectivity index (χ1v) is 7.95. The maximum Gasteiger partial charge on any atom is 0.238 e. The Kier molecular flexibility index (Phi) is 4.64. The summed E-state index contributed by atoms with van der Waals surface area (Å²) in [6.07, 6.45) is 3.09. The van der Waals surface area contributed by atoms with Gasteiger partial charge >= 0.3 is 0 Å².